The number of benzene rings is 1. The SMILES string of the molecule is CCNC(=O)C(C)n1c(=S)[nH]c2cc(F)c(C)cc21. The molecular formula is C13H16FN3OS. The van der Waals surface area contributed by atoms with Crippen LogP contribution >= 0.6 is 12.2 Å². The van der Waals surface area contributed by atoms with Gasteiger partial charge in [-0.1, -0.05) is 0 Å². The molecule has 2 N–H and O–H groups in total. The third kappa shape index (κ3) is 2.40. The fourth-order valence-electron chi connectivity index (χ4n) is 2.07. The highest BCUT2D eigenvalue weighted by Crippen LogP contribution is 2.22. The summed E-state index contributed by atoms with van der Waals surface area (Å²) in [4.78, 5) is 14.9. The number of hydrogen-bond acceptors (Lipinski definition) is 2. The van der Waals surface area contributed by atoms with Crippen LogP contribution in [0.5, 0.6) is 0 Å². The summed E-state index contributed by atoms with van der Waals surface area (Å²) < 4.78 is 15.7. The third-order valence-electron chi connectivity index (χ3n) is 3.11. The van der Waals surface area contributed by atoms with Gasteiger partial charge in [0.2, 0.25) is 5.91 Å². The van der Waals surface area contributed by atoms with Gasteiger partial charge in [-0.05, 0) is 50.7 Å². The van der Waals surface area contributed by atoms with E-state index >= 15 is 0 Å². The number of halogens is 1. The maximum absolute atomic E-state index is 13.5. The number of aromatic amines is 1. The molecule has 0 aliphatic carbocycles. The highest BCUT2D eigenvalue weighted by atomic mass is 32.1. The molecule has 1 unspecified atom stereocenters. The van der Waals surface area contributed by atoms with Crippen LogP contribution in [0.15, 0.2) is 12.1 Å². The number of likely N-dealkylation sites (N-methyl/N-ethyl adjacent to an activating group) is 1. The molecule has 0 spiro atoms. The Bertz CT molecular complexity index is 689. The first-order chi connectivity index (χ1) is 8.95. The average Bonchev–Trinajstić information content (AvgIpc) is 2.65. The first-order valence-corrected chi connectivity index (χ1v) is 6.54. The number of nitrogens with zero attached hydrogens (tertiary/aromatic N) is 1. The predicted octanol–water partition coefficient (Wildman–Crippen LogP) is 2.84. The molecule has 0 fully saturated rings. The number of nitrogens with one attached hydrogen (secondary N) is 2. The number of hydrogen-bond donors (Lipinski definition) is 2. The zero-order chi connectivity index (χ0) is 14.2. The minimum Gasteiger partial charge on any atom is -0.355 e. The molecule has 0 saturated heterocycles. The Hall–Kier alpha value is -1.69. The molecule has 2 rings (SSSR count). The number of aromatic nitrogens is 2. The second-order valence-electron chi connectivity index (χ2n) is 4.49. The van der Waals surface area contributed by atoms with Gasteiger partial charge in [0.05, 0.1) is 11.0 Å². The number of aryl methyl sites for hydroxylation is 1. The molecule has 2 aromatic rings. The first-order valence-electron chi connectivity index (χ1n) is 6.13. The highest BCUT2D eigenvalue weighted by Gasteiger charge is 2.18. The monoisotopic (exact) mass is 281 g/mol. The lowest BCUT2D eigenvalue weighted by Gasteiger charge is -2.14. The van der Waals surface area contributed by atoms with Gasteiger partial charge in [0.1, 0.15) is 11.9 Å². The minimum atomic E-state index is -0.439. The molecule has 1 aromatic heterocycles. The Labute approximate surface area is 115 Å². The van der Waals surface area contributed by atoms with Gasteiger partial charge < -0.3 is 14.9 Å². The van der Waals surface area contributed by atoms with Gasteiger partial charge in [-0.25, -0.2) is 4.39 Å². The number of amides is 1. The summed E-state index contributed by atoms with van der Waals surface area (Å²) in [7, 11) is 0. The molecule has 0 aliphatic rings. The summed E-state index contributed by atoms with van der Waals surface area (Å²) >= 11 is 5.22. The molecule has 1 atom stereocenters. The lowest BCUT2D eigenvalue weighted by Crippen LogP contribution is -2.30. The topological polar surface area (TPSA) is 49.8 Å². The number of imidazole rings is 1. The van der Waals surface area contributed by atoms with Crippen LogP contribution in [0, 0.1) is 17.5 Å². The summed E-state index contributed by atoms with van der Waals surface area (Å²) in [6.07, 6.45) is 0. The maximum atomic E-state index is 13.5. The van der Waals surface area contributed by atoms with E-state index in [0.717, 1.165) is 5.52 Å². The summed E-state index contributed by atoms with van der Waals surface area (Å²) in [6.45, 7) is 5.88. The van der Waals surface area contributed by atoms with Gasteiger partial charge in [0.15, 0.2) is 4.77 Å². The van der Waals surface area contributed by atoms with Crippen molar-refractivity contribution in [1.29, 1.82) is 0 Å². The molecule has 102 valence electrons. The third-order valence-corrected chi connectivity index (χ3v) is 3.41. The van der Waals surface area contributed by atoms with Crippen molar-refractivity contribution in [2.75, 3.05) is 6.54 Å². The molecule has 0 saturated carbocycles. The molecular weight excluding hydrogens is 265 g/mol. The number of carbonyl (C=O) groups excluding carboxylic acids is 1. The summed E-state index contributed by atoms with van der Waals surface area (Å²) in [5.74, 6) is -0.400. The summed E-state index contributed by atoms with van der Waals surface area (Å²) in [6, 6.07) is 2.67. The zero-order valence-corrected chi connectivity index (χ0v) is 11.9. The van der Waals surface area contributed by atoms with Gasteiger partial charge in [-0.15, -0.1) is 0 Å². The number of fused-ring (bicyclic) bond motifs is 1. The van der Waals surface area contributed by atoms with Crippen LogP contribution < -0.4 is 5.32 Å². The molecule has 0 aliphatic heterocycles. The van der Waals surface area contributed by atoms with Crippen molar-refractivity contribution < 1.29 is 9.18 Å². The Morgan fingerprint density at radius 3 is 2.89 bits per heavy atom. The minimum absolute atomic E-state index is 0.110. The van der Waals surface area contributed by atoms with Crippen molar-refractivity contribution in [3.05, 3.63) is 28.3 Å². The molecule has 0 radical (unpaired) electrons. The van der Waals surface area contributed by atoms with E-state index in [1.54, 1.807) is 24.5 Å². The molecule has 6 heteroatoms. The molecule has 0 bridgehead atoms. The Balaban J connectivity index is 2.60. The van der Waals surface area contributed by atoms with E-state index in [4.69, 9.17) is 12.2 Å². The van der Waals surface area contributed by atoms with Crippen LogP contribution in [0.3, 0.4) is 0 Å². The second-order valence-corrected chi connectivity index (χ2v) is 4.88. The quantitative estimate of drug-likeness (QED) is 0.850. The van der Waals surface area contributed by atoms with Gasteiger partial charge in [-0.3, -0.25) is 4.79 Å². The van der Waals surface area contributed by atoms with Gasteiger partial charge in [0, 0.05) is 6.54 Å². The van der Waals surface area contributed by atoms with E-state index in [-0.39, 0.29) is 11.7 Å². The van der Waals surface area contributed by atoms with Crippen LogP contribution in [0.1, 0.15) is 25.5 Å². The lowest BCUT2D eigenvalue weighted by molar-refractivity contribution is -0.123. The summed E-state index contributed by atoms with van der Waals surface area (Å²) in [5, 5.41) is 2.76. The maximum Gasteiger partial charge on any atom is 0.242 e. The standard InChI is InChI=1S/C13H16FN3OS/c1-4-15-12(18)8(3)17-11-5-7(2)9(14)6-10(11)16-13(17)19/h5-6,8H,4H2,1-3H3,(H,15,18)(H,16,19). The smallest absolute Gasteiger partial charge is 0.242 e. The van der Waals surface area contributed by atoms with Crippen molar-refractivity contribution in [1.82, 2.24) is 14.9 Å². The van der Waals surface area contributed by atoms with E-state index in [2.05, 4.69) is 10.3 Å². The Morgan fingerprint density at radius 1 is 1.58 bits per heavy atom. The van der Waals surface area contributed by atoms with Crippen LogP contribution in [-0.2, 0) is 4.79 Å². The van der Waals surface area contributed by atoms with Gasteiger partial charge in [-0.2, -0.15) is 0 Å². The predicted molar refractivity (Wildman–Crippen MR) is 75.2 cm³/mol. The number of H-pyrrole nitrogens is 1. The summed E-state index contributed by atoms with van der Waals surface area (Å²) in [5.41, 5.74) is 1.87. The van der Waals surface area contributed by atoms with Crippen molar-refractivity contribution in [3.63, 3.8) is 0 Å². The largest absolute Gasteiger partial charge is 0.355 e. The lowest BCUT2D eigenvalue weighted by atomic mass is 10.2. The Morgan fingerprint density at radius 2 is 2.26 bits per heavy atom. The Kier molecular flexibility index (Phi) is 3.71. The van der Waals surface area contributed by atoms with Crippen molar-refractivity contribution in [2.45, 2.75) is 26.8 Å². The van der Waals surface area contributed by atoms with Gasteiger partial charge in [0.25, 0.3) is 0 Å². The zero-order valence-electron chi connectivity index (χ0n) is 11.1. The first kappa shape index (κ1) is 13.7. The van der Waals surface area contributed by atoms with Gasteiger partial charge >= 0.3 is 0 Å². The molecule has 19 heavy (non-hydrogen) atoms. The van der Waals surface area contributed by atoms with Crippen LogP contribution in [0.4, 0.5) is 4.39 Å². The van der Waals surface area contributed by atoms with Crippen LogP contribution in [-0.4, -0.2) is 22.0 Å². The van der Waals surface area contributed by atoms with E-state index in [1.807, 2.05) is 6.92 Å². The van der Waals surface area contributed by atoms with Crippen molar-refractivity contribution >= 4 is 29.2 Å². The molecule has 1 aromatic carbocycles. The molecule has 1 heterocycles. The number of carbonyl (C=O) groups is 1. The van der Waals surface area contributed by atoms with Crippen LogP contribution in [0.25, 0.3) is 11.0 Å². The van der Waals surface area contributed by atoms with E-state index < -0.39 is 6.04 Å². The van der Waals surface area contributed by atoms with E-state index in [0.29, 0.717) is 22.4 Å². The van der Waals surface area contributed by atoms with Crippen LogP contribution in [0.2, 0.25) is 0 Å². The van der Waals surface area contributed by atoms with Crippen molar-refractivity contribution in [3.8, 4) is 0 Å². The second kappa shape index (κ2) is 5.13. The fraction of sp³-hybridized carbons (Fsp3) is 0.385. The van der Waals surface area contributed by atoms with Crippen molar-refractivity contribution in [2.24, 2.45) is 0 Å². The van der Waals surface area contributed by atoms with E-state index in [1.165, 1.54) is 6.07 Å². The molecule has 1 amide bonds. The normalized spacial score (nSPS) is 12.6. The molecule has 4 nitrogen and oxygen atoms in total. The highest BCUT2D eigenvalue weighted by molar-refractivity contribution is 7.71. The number of rotatable bonds is 3. The fourth-order valence-corrected chi connectivity index (χ4v) is 2.44. The average molecular weight is 281 g/mol. The van der Waals surface area contributed by atoms with E-state index in [9.17, 15) is 9.18 Å².